The highest BCUT2D eigenvalue weighted by Crippen LogP contribution is 2.49. The number of primary amides is 1. The number of Topliss-reactive ketones (excluding diaryl/α,β-unsaturated/α-hetero) is 1. The van der Waals surface area contributed by atoms with Crippen molar-refractivity contribution in [1.29, 1.82) is 0 Å². The van der Waals surface area contributed by atoms with Gasteiger partial charge in [-0.25, -0.2) is 19.2 Å². The Balaban J connectivity index is 1.18. The van der Waals surface area contributed by atoms with Crippen LogP contribution >= 0.6 is 11.6 Å². The number of ether oxygens (including phenoxy) is 5. The minimum Gasteiger partial charge on any atom is -0.495 e. The summed E-state index contributed by atoms with van der Waals surface area (Å²) >= 11 is 6.82. The molecule has 3 aliphatic rings. The van der Waals surface area contributed by atoms with Crippen LogP contribution in [0.3, 0.4) is 0 Å². The monoisotopic (exact) mass is 1260 g/mol. The number of methoxy groups -OCH3 is 1. The quantitative estimate of drug-likeness (QED) is 0.0247. The number of fused-ring (bicyclic) bond motifs is 5. The number of allylic oxidation sites excluding steroid dienone is 3. The maximum atomic E-state index is 14.4. The largest absolute Gasteiger partial charge is 0.495 e. The minimum atomic E-state index is -1.65. The number of amides is 9. The van der Waals surface area contributed by atoms with Crippen LogP contribution in [0.4, 0.5) is 25.8 Å². The Hall–Kier alpha value is -7.77. The average molecular weight is 1260 g/mol. The Kier molecular flexibility index (Phi) is 26.4. The van der Waals surface area contributed by atoms with E-state index >= 15 is 0 Å². The van der Waals surface area contributed by atoms with Crippen molar-refractivity contribution in [2.45, 2.75) is 180 Å². The number of hydrogen-bond acceptors (Lipinski definition) is 16. The van der Waals surface area contributed by atoms with E-state index in [0.29, 0.717) is 48.4 Å². The van der Waals surface area contributed by atoms with Crippen molar-refractivity contribution < 1.29 is 76.7 Å². The number of alkyl carbamates (subject to hydrolysis) is 1. The lowest BCUT2D eigenvalue weighted by atomic mass is 9.84. The number of urea groups is 1. The number of halogens is 1. The second-order valence-electron chi connectivity index (χ2n) is 24.1. The first-order valence-corrected chi connectivity index (χ1v) is 30.5. The van der Waals surface area contributed by atoms with Crippen LogP contribution < -0.4 is 42.0 Å². The summed E-state index contributed by atoms with van der Waals surface area (Å²) in [6.45, 7) is 13.8. The van der Waals surface area contributed by atoms with Gasteiger partial charge in [0.1, 0.15) is 64.8 Å². The summed E-state index contributed by atoms with van der Waals surface area (Å²) in [5, 5.41) is 25.0. The summed E-state index contributed by atoms with van der Waals surface area (Å²) in [5.74, 6) is -3.98. The van der Waals surface area contributed by atoms with Crippen LogP contribution in [-0.2, 0) is 65.5 Å². The van der Waals surface area contributed by atoms with E-state index < -0.39 is 108 Å². The lowest BCUT2D eigenvalue weighted by molar-refractivity contribution is -0.162. The highest BCUT2D eigenvalue weighted by atomic mass is 35.5. The lowest BCUT2D eigenvalue weighted by Gasteiger charge is -2.39. The number of ketones is 1. The smallest absolute Gasteiger partial charge is 0.409 e. The van der Waals surface area contributed by atoms with Gasteiger partial charge < -0.3 is 70.5 Å². The number of likely N-dealkylation sites (N-methyl/N-ethyl adjacent to an activating group) is 1. The fourth-order valence-corrected chi connectivity index (χ4v) is 10.7. The number of nitrogens with two attached hydrogens (primary N) is 1. The molecule has 89 heavy (non-hydrogen) atoms. The zero-order chi connectivity index (χ0) is 66.1. The number of unbranched alkanes of at least 4 members (excludes halogenated alkanes) is 1. The molecule has 8 N–H and O–H groups in total. The number of rotatable bonds is 25. The van der Waals surface area contributed by atoms with Gasteiger partial charge in [0.25, 0.3) is 0 Å². The predicted molar refractivity (Wildman–Crippen MR) is 331 cm³/mol. The number of anilines is 2. The van der Waals surface area contributed by atoms with Gasteiger partial charge in [-0.3, -0.25) is 34.1 Å². The number of nitrogens with zero attached hydrogens (tertiary/aromatic N) is 3. The summed E-state index contributed by atoms with van der Waals surface area (Å²) in [6, 6.07) is 5.89. The maximum Gasteiger partial charge on any atom is 0.409 e. The summed E-state index contributed by atoms with van der Waals surface area (Å²) in [6.07, 6.45) is 2.72. The molecule has 4 bridgehead atoms. The molecule has 0 radical (unpaired) electrons. The Labute approximate surface area is 525 Å². The highest BCUT2D eigenvalue weighted by molar-refractivity contribution is 6.35. The third-order valence-corrected chi connectivity index (χ3v) is 16.7. The van der Waals surface area contributed by atoms with Crippen molar-refractivity contribution in [2.75, 3.05) is 51.6 Å². The summed E-state index contributed by atoms with van der Waals surface area (Å²) in [4.78, 5) is 135. The van der Waals surface area contributed by atoms with Crippen LogP contribution in [0.2, 0.25) is 5.02 Å². The number of nitrogens with one attached hydrogen (secondary N) is 5. The molecule has 3 aliphatic heterocycles. The number of carbonyl (C=O) groups excluding carboxylic acids is 10. The van der Waals surface area contributed by atoms with Crippen LogP contribution in [0.5, 0.6) is 5.75 Å². The maximum absolute atomic E-state index is 14.4. The van der Waals surface area contributed by atoms with Gasteiger partial charge in [0.2, 0.25) is 29.5 Å². The minimum absolute atomic E-state index is 0.000415. The van der Waals surface area contributed by atoms with Crippen LogP contribution in [0.1, 0.15) is 131 Å². The van der Waals surface area contributed by atoms with E-state index in [1.54, 1.807) is 76.2 Å². The highest BCUT2D eigenvalue weighted by Gasteiger charge is 2.64. The van der Waals surface area contributed by atoms with E-state index in [0.717, 1.165) is 16.0 Å². The number of hydrogen-bond donors (Lipinski definition) is 7. The molecule has 0 aliphatic carbocycles. The number of benzene rings is 2. The summed E-state index contributed by atoms with van der Waals surface area (Å²) in [5.41, 5.74) is 5.18. The number of carbonyl (C=O) groups is 10. The van der Waals surface area contributed by atoms with Gasteiger partial charge >= 0.3 is 24.2 Å². The lowest BCUT2D eigenvalue weighted by Crippen LogP contribution is -2.57. The Morgan fingerprint density at radius 1 is 0.955 bits per heavy atom. The van der Waals surface area contributed by atoms with Gasteiger partial charge in [-0.1, -0.05) is 82.2 Å². The van der Waals surface area contributed by atoms with Crippen molar-refractivity contribution >= 4 is 82.5 Å². The second-order valence-corrected chi connectivity index (χ2v) is 24.5. The zero-order valence-corrected chi connectivity index (χ0v) is 53.9. The van der Waals surface area contributed by atoms with E-state index in [1.165, 1.54) is 45.0 Å². The average Bonchev–Trinajstić information content (AvgIpc) is 1.62. The van der Waals surface area contributed by atoms with Crippen LogP contribution in [0.25, 0.3) is 0 Å². The van der Waals surface area contributed by atoms with E-state index in [2.05, 4.69) is 26.6 Å². The van der Waals surface area contributed by atoms with Crippen LogP contribution in [0, 0.1) is 17.8 Å². The number of epoxide rings is 1. The van der Waals surface area contributed by atoms with Gasteiger partial charge in [-0.2, -0.15) is 0 Å². The Morgan fingerprint density at radius 2 is 1.64 bits per heavy atom. The van der Waals surface area contributed by atoms with Crippen molar-refractivity contribution in [3.8, 4) is 5.75 Å². The van der Waals surface area contributed by atoms with E-state index in [-0.39, 0.29) is 86.8 Å². The molecule has 0 aromatic heterocycles. The number of esters is 1. The predicted octanol–water partition coefficient (Wildman–Crippen LogP) is 6.35. The standard InChI is InChI=1S/C63H90ClN9O16/c1-36(2)46(74)20-13-14-21-50(75)69-54(37(3)4)57(79)68-44(19-17-28-66-59(65)81)56(78)67-43-24-22-41(23-25-43)35-86-61(83)71(9)29-26-51(76)72(10)40(7)58(80)88-49-33-52(77)73(11)45-31-42(32-47(85-12)53(45)64)30-38(5)18-15-16-27-63(84)34-48(87-60(82)70-63)39(6)55-62(49,8)89-55/h15-16,18,22-25,31-32,36-37,39-40,44,48-49,54-55,84H,13-14,17,19-21,26-30,33-35H2,1-12H3,(H,67,78)(H,68,79)(H,69,75)(H,70,82)(H3,65,66,81)/b16-15+,38-18+/t39-,40+,44+,48+,49+,54+,55+,62+,63-/m1/s1. The van der Waals surface area contributed by atoms with Crippen molar-refractivity contribution in [2.24, 2.45) is 23.5 Å². The molecule has 0 unspecified atom stereocenters. The topological polar surface area (TPSA) is 336 Å². The number of aliphatic hydroxyl groups is 1. The molecule has 9 amide bonds. The first kappa shape index (κ1) is 72.0. The molecule has 2 saturated heterocycles. The molecule has 5 rings (SSSR count). The third kappa shape index (κ3) is 20.9. The molecule has 490 valence electrons. The molecule has 2 aromatic rings. The van der Waals surface area contributed by atoms with Gasteiger partial charge in [0.15, 0.2) is 0 Å². The normalized spacial score (nSPS) is 22.9. The van der Waals surface area contributed by atoms with E-state index in [4.69, 9.17) is 41.0 Å². The summed E-state index contributed by atoms with van der Waals surface area (Å²) < 4.78 is 29.2. The molecule has 2 aromatic carbocycles. The third-order valence-electron chi connectivity index (χ3n) is 16.3. The SMILES string of the molecule is COc1cc2cc(c1Cl)N(C)C(=O)C[C@H](OC(=O)[C@H](C)N(C)C(=O)CCN(C)C(=O)OCc1ccc(NC(=O)[C@H](CCCNC(N)=O)NC(=O)[C@@H](NC(=O)CCCCC(=O)C(C)C)C(C)C)cc1)[C@]1(C)O[C@H]1[C@H](C)[C@@H]1C[C@](O)(C/C=C/C=C(\C)C2)NC(=O)O1. The van der Waals surface area contributed by atoms with Gasteiger partial charge in [-0.15, -0.1) is 0 Å². The Bertz CT molecular complexity index is 2960. The fourth-order valence-electron chi connectivity index (χ4n) is 10.3. The van der Waals surface area contributed by atoms with Crippen molar-refractivity contribution in [1.82, 2.24) is 31.1 Å². The molecular weight excluding hydrogens is 1170 g/mol. The van der Waals surface area contributed by atoms with Gasteiger partial charge in [0, 0.05) is 83.9 Å². The molecule has 9 atom stereocenters. The van der Waals surface area contributed by atoms with Crippen LogP contribution in [0.15, 0.2) is 60.2 Å². The molecule has 0 saturated carbocycles. The molecule has 2 fully saturated rings. The van der Waals surface area contributed by atoms with Gasteiger partial charge in [0.05, 0.1) is 25.3 Å². The van der Waals surface area contributed by atoms with Crippen molar-refractivity contribution in [3.05, 3.63) is 76.3 Å². The fraction of sp³-hybridized carbons (Fsp3) is 0.587. The van der Waals surface area contributed by atoms with Crippen molar-refractivity contribution in [3.63, 3.8) is 0 Å². The van der Waals surface area contributed by atoms with E-state index in [9.17, 15) is 53.1 Å². The first-order valence-electron chi connectivity index (χ1n) is 30.1. The molecule has 0 spiro atoms. The van der Waals surface area contributed by atoms with E-state index in [1.807, 2.05) is 26.8 Å². The molecule has 26 heteroatoms. The van der Waals surface area contributed by atoms with Gasteiger partial charge in [-0.05, 0) is 94.2 Å². The molecular formula is C63H90ClN9O16. The zero-order valence-electron chi connectivity index (χ0n) is 53.2. The summed E-state index contributed by atoms with van der Waals surface area (Å²) in [7, 11) is 5.84. The second kappa shape index (κ2) is 32.6. The molecule has 3 heterocycles. The van der Waals surface area contributed by atoms with Crippen LogP contribution in [-0.4, -0.2) is 164 Å². The Morgan fingerprint density at radius 3 is 2.29 bits per heavy atom. The first-order chi connectivity index (χ1) is 41.9. The molecule has 25 nitrogen and oxygen atoms in total.